The van der Waals surface area contributed by atoms with E-state index in [1.54, 1.807) is 24.3 Å². The molecule has 2 N–H and O–H groups in total. The van der Waals surface area contributed by atoms with Crippen LogP contribution in [0.3, 0.4) is 0 Å². The van der Waals surface area contributed by atoms with E-state index in [1.807, 2.05) is 6.92 Å². The van der Waals surface area contributed by atoms with Crippen molar-refractivity contribution < 1.29 is 19.5 Å². The molecule has 1 aromatic carbocycles. The second-order valence-electron chi connectivity index (χ2n) is 5.40. The SMILES string of the molecule is CC[C@@H]1C=NC(C(=O)C/C=C/Cc2ccc(F)cc2)=C(O)/C1=N\O. The van der Waals surface area contributed by atoms with Crippen LogP contribution in [0.4, 0.5) is 4.39 Å². The van der Waals surface area contributed by atoms with Gasteiger partial charge in [-0.2, -0.15) is 0 Å². The van der Waals surface area contributed by atoms with Crippen LogP contribution in [0.25, 0.3) is 0 Å². The molecule has 0 fully saturated rings. The molecule has 0 aliphatic carbocycles. The second kappa shape index (κ2) is 8.19. The van der Waals surface area contributed by atoms with Crippen molar-refractivity contribution in [3.63, 3.8) is 0 Å². The van der Waals surface area contributed by atoms with Gasteiger partial charge in [0.15, 0.2) is 11.5 Å². The summed E-state index contributed by atoms with van der Waals surface area (Å²) in [5.74, 6) is -1.33. The first kappa shape index (κ1) is 17.6. The number of benzene rings is 1. The van der Waals surface area contributed by atoms with Crippen LogP contribution in [0.1, 0.15) is 25.3 Å². The zero-order valence-corrected chi connectivity index (χ0v) is 13.3. The molecule has 0 unspecified atom stereocenters. The molecular formula is C18H19FN2O3. The van der Waals surface area contributed by atoms with E-state index in [-0.39, 0.29) is 41.1 Å². The normalized spacial score (nSPS) is 19.4. The second-order valence-corrected chi connectivity index (χ2v) is 5.40. The first-order valence-electron chi connectivity index (χ1n) is 7.69. The molecule has 24 heavy (non-hydrogen) atoms. The van der Waals surface area contributed by atoms with Gasteiger partial charge in [-0.15, -0.1) is 0 Å². The third-order valence-electron chi connectivity index (χ3n) is 3.75. The van der Waals surface area contributed by atoms with E-state index in [9.17, 15) is 14.3 Å². The fourth-order valence-electron chi connectivity index (χ4n) is 2.34. The lowest BCUT2D eigenvalue weighted by molar-refractivity contribution is -0.115. The fraction of sp³-hybridized carbons (Fsp3) is 0.278. The largest absolute Gasteiger partial charge is 0.504 e. The summed E-state index contributed by atoms with van der Waals surface area (Å²) in [6, 6.07) is 6.12. The van der Waals surface area contributed by atoms with Crippen molar-refractivity contribution in [3.05, 3.63) is 59.3 Å². The Morgan fingerprint density at radius 2 is 2.04 bits per heavy atom. The van der Waals surface area contributed by atoms with Crippen LogP contribution in [0.5, 0.6) is 0 Å². The molecule has 1 heterocycles. The van der Waals surface area contributed by atoms with Gasteiger partial charge in [-0.1, -0.05) is 36.4 Å². The molecule has 0 saturated heterocycles. The molecule has 5 nitrogen and oxygen atoms in total. The summed E-state index contributed by atoms with van der Waals surface area (Å²) < 4.78 is 12.8. The molecule has 1 atom stereocenters. The number of carbonyl (C=O) groups excluding carboxylic acids is 1. The number of carbonyl (C=O) groups is 1. The lowest BCUT2D eigenvalue weighted by atomic mass is 9.95. The number of ketones is 1. The zero-order valence-electron chi connectivity index (χ0n) is 13.3. The Hall–Kier alpha value is -2.76. The zero-order chi connectivity index (χ0) is 17.5. The van der Waals surface area contributed by atoms with Crippen LogP contribution in [0, 0.1) is 11.7 Å². The van der Waals surface area contributed by atoms with E-state index in [0.29, 0.717) is 12.8 Å². The summed E-state index contributed by atoms with van der Waals surface area (Å²) in [7, 11) is 0. The number of hydrogen-bond acceptors (Lipinski definition) is 5. The monoisotopic (exact) mass is 330 g/mol. The molecule has 6 heteroatoms. The number of hydrogen-bond donors (Lipinski definition) is 2. The number of allylic oxidation sites excluding steroid dienone is 4. The average molecular weight is 330 g/mol. The van der Waals surface area contributed by atoms with Gasteiger partial charge < -0.3 is 10.3 Å². The quantitative estimate of drug-likeness (QED) is 0.475. The Labute approximate surface area is 139 Å². The molecule has 0 radical (unpaired) electrons. The van der Waals surface area contributed by atoms with Crippen LogP contribution in [-0.2, 0) is 11.2 Å². The third-order valence-corrected chi connectivity index (χ3v) is 3.75. The maximum atomic E-state index is 12.8. The molecule has 1 aliphatic rings. The van der Waals surface area contributed by atoms with Gasteiger partial charge in [-0.05, 0) is 30.5 Å². The number of nitrogens with zero attached hydrogens (tertiary/aromatic N) is 2. The number of halogens is 1. The van der Waals surface area contributed by atoms with Crippen molar-refractivity contribution in [1.82, 2.24) is 0 Å². The molecule has 0 bridgehead atoms. The van der Waals surface area contributed by atoms with Crippen LogP contribution in [0.15, 0.2) is 58.0 Å². The summed E-state index contributed by atoms with van der Waals surface area (Å²) in [6.45, 7) is 1.86. The summed E-state index contributed by atoms with van der Waals surface area (Å²) >= 11 is 0. The van der Waals surface area contributed by atoms with Crippen LogP contribution < -0.4 is 0 Å². The van der Waals surface area contributed by atoms with Crippen molar-refractivity contribution in [2.45, 2.75) is 26.2 Å². The Balaban J connectivity index is 1.98. The maximum absolute atomic E-state index is 12.8. The highest BCUT2D eigenvalue weighted by Crippen LogP contribution is 2.20. The molecule has 0 saturated carbocycles. The van der Waals surface area contributed by atoms with Gasteiger partial charge in [0.2, 0.25) is 0 Å². The van der Waals surface area contributed by atoms with E-state index in [0.717, 1.165) is 5.56 Å². The number of aliphatic hydroxyl groups excluding tert-OH is 1. The Kier molecular flexibility index (Phi) is 6.01. The van der Waals surface area contributed by atoms with Gasteiger partial charge in [-0.3, -0.25) is 9.79 Å². The molecular weight excluding hydrogens is 311 g/mol. The van der Waals surface area contributed by atoms with Crippen molar-refractivity contribution >= 4 is 17.7 Å². The van der Waals surface area contributed by atoms with Gasteiger partial charge in [-0.25, -0.2) is 4.39 Å². The van der Waals surface area contributed by atoms with Gasteiger partial charge in [0.1, 0.15) is 17.2 Å². The molecule has 0 aromatic heterocycles. The Bertz CT molecular complexity index is 718. The minimum Gasteiger partial charge on any atom is -0.504 e. The lowest BCUT2D eigenvalue weighted by Crippen LogP contribution is -2.24. The van der Waals surface area contributed by atoms with Gasteiger partial charge in [0.25, 0.3) is 0 Å². The molecule has 126 valence electrons. The number of oxime groups is 1. The maximum Gasteiger partial charge on any atom is 0.188 e. The number of Topliss-reactive ketones (excluding diaryl/α,β-unsaturated/α-hetero) is 1. The van der Waals surface area contributed by atoms with Crippen molar-refractivity contribution in [3.8, 4) is 0 Å². The van der Waals surface area contributed by atoms with Crippen LogP contribution in [-0.4, -0.2) is 28.0 Å². The summed E-state index contributed by atoms with van der Waals surface area (Å²) in [5.41, 5.74) is 0.892. The number of rotatable bonds is 6. The smallest absolute Gasteiger partial charge is 0.188 e. The van der Waals surface area contributed by atoms with Gasteiger partial charge >= 0.3 is 0 Å². The van der Waals surface area contributed by atoms with Crippen molar-refractivity contribution in [2.24, 2.45) is 16.1 Å². The number of aliphatic imine (C=N–C) groups is 1. The molecule has 2 rings (SSSR count). The van der Waals surface area contributed by atoms with E-state index in [2.05, 4.69) is 10.1 Å². The van der Waals surface area contributed by atoms with Crippen molar-refractivity contribution in [1.29, 1.82) is 0 Å². The molecule has 0 amide bonds. The molecule has 1 aliphatic heterocycles. The van der Waals surface area contributed by atoms with Crippen LogP contribution >= 0.6 is 0 Å². The summed E-state index contributed by atoms with van der Waals surface area (Å²) in [4.78, 5) is 16.1. The predicted molar refractivity (Wildman–Crippen MR) is 90.0 cm³/mol. The Morgan fingerprint density at radius 1 is 1.33 bits per heavy atom. The highest BCUT2D eigenvalue weighted by Gasteiger charge is 2.27. The van der Waals surface area contributed by atoms with E-state index in [4.69, 9.17) is 5.21 Å². The highest BCUT2D eigenvalue weighted by molar-refractivity contribution is 6.15. The van der Waals surface area contributed by atoms with E-state index >= 15 is 0 Å². The third kappa shape index (κ3) is 4.16. The number of aliphatic hydroxyl groups is 1. The van der Waals surface area contributed by atoms with E-state index < -0.39 is 0 Å². The molecule has 0 spiro atoms. The summed E-state index contributed by atoms with van der Waals surface area (Å²) in [5, 5.41) is 22.1. The van der Waals surface area contributed by atoms with Crippen LogP contribution in [0.2, 0.25) is 0 Å². The highest BCUT2D eigenvalue weighted by atomic mass is 19.1. The Morgan fingerprint density at radius 3 is 2.67 bits per heavy atom. The first-order chi connectivity index (χ1) is 11.6. The minimum atomic E-state index is -0.371. The van der Waals surface area contributed by atoms with Crippen molar-refractivity contribution in [2.75, 3.05) is 0 Å². The standard InChI is InChI=1S/C18H19FN2O3/c1-2-13-11-20-17(18(23)16(13)21-24)15(22)6-4-3-5-12-7-9-14(19)10-8-12/h3-4,7-11,13,23-24H,2,5-6H2,1H3/b4-3+,21-16-/t13-/m1/s1. The topological polar surface area (TPSA) is 82.2 Å². The average Bonchev–Trinajstić information content (AvgIpc) is 2.59. The lowest BCUT2D eigenvalue weighted by Gasteiger charge is -2.17. The fourth-order valence-corrected chi connectivity index (χ4v) is 2.34. The summed E-state index contributed by atoms with van der Waals surface area (Å²) in [6.07, 6.45) is 6.21. The molecule has 1 aromatic rings. The first-order valence-corrected chi connectivity index (χ1v) is 7.69. The van der Waals surface area contributed by atoms with E-state index in [1.165, 1.54) is 18.3 Å². The van der Waals surface area contributed by atoms with Gasteiger partial charge in [0.05, 0.1) is 0 Å². The van der Waals surface area contributed by atoms with Gasteiger partial charge in [0, 0.05) is 18.6 Å². The minimum absolute atomic E-state index is 0.0612. The predicted octanol–water partition coefficient (Wildman–Crippen LogP) is 3.59.